The third kappa shape index (κ3) is 4.17. The Kier molecular flexibility index (Phi) is 5.30. The van der Waals surface area contributed by atoms with Crippen LogP contribution in [-0.2, 0) is 0 Å². The summed E-state index contributed by atoms with van der Waals surface area (Å²) in [5.74, 6) is 0.914. The molecule has 0 aliphatic carbocycles. The number of nitrogens with two attached hydrogens (primary N) is 1. The molecule has 0 fully saturated rings. The van der Waals surface area contributed by atoms with Gasteiger partial charge in [0.2, 0.25) is 0 Å². The molecule has 2 aromatic rings. The molecule has 0 aliphatic rings. The summed E-state index contributed by atoms with van der Waals surface area (Å²) in [6.07, 6.45) is 0.935. The van der Waals surface area contributed by atoms with Crippen LogP contribution in [0.3, 0.4) is 0 Å². The Labute approximate surface area is 128 Å². The zero-order chi connectivity index (χ0) is 14.4. The van der Waals surface area contributed by atoms with Gasteiger partial charge < -0.3 is 15.8 Å². The second-order valence-electron chi connectivity index (χ2n) is 4.63. The van der Waals surface area contributed by atoms with E-state index in [2.05, 4.69) is 27.3 Å². The number of ether oxygens (including phenoxy) is 1. The highest BCUT2D eigenvalue weighted by Crippen LogP contribution is 2.27. The monoisotopic (exact) mass is 334 g/mol. The Morgan fingerprint density at radius 1 is 1.20 bits per heavy atom. The third-order valence-electron chi connectivity index (χ3n) is 3.00. The molecule has 0 aliphatic heterocycles. The van der Waals surface area contributed by atoms with Crippen LogP contribution in [-0.4, -0.2) is 13.2 Å². The summed E-state index contributed by atoms with van der Waals surface area (Å²) in [4.78, 5) is 0. The summed E-state index contributed by atoms with van der Waals surface area (Å²) in [6.45, 7) is 3.56. The van der Waals surface area contributed by atoms with Crippen LogP contribution in [0.25, 0.3) is 0 Å². The molecule has 0 saturated heterocycles. The molecule has 0 saturated carbocycles. The normalized spacial score (nSPS) is 10.3. The minimum Gasteiger partial charge on any atom is -0.494 e. The van der Waals surface area contributed by atoms with E-state index in [9.17, 15) is 0 Å². The predicted octanol–water partition coefficient (Wildman–Crippen LogP) is 4.22. The average Bonchev–Trinajstić information content (AvgIpc) is 2.45. The highest BCUT2D eigenvalue weighted by atomic mass is 79.9. The van der Waals surface area contributed by atoms with Crippen molar-refractivity contribution in [2.45, 2.75) is 13.3 Å². The minimum atomic E-state index is 0.697. The first-order valence-electron chi connectivity index (χ1n) is 6.64. The van der Waals surface area contributed by atoms with Crippen LogP contribution in [0.2, 0.25) is 0 Å². The Balaban J connectivity index is 1.75. The van der Waals surface area contributed by atoms with Crippen LogP contribution >= 0.6 is 15.9 Å². The lowest BCUT2D eigenvalue weighted by atomic mass is 10.2. The Morgan fingerprint density at radius 3 is 2.70 bits per heavy atom. The summed E-state index contributed by atoms with van der Waals surface area (Å²) >= 11 is 3.51. The van der Waals surface area contributed by atoms with Crippen LogP contribution in [0.5, 0.6) is 5.75 Å². The molecule has 0 spiro atoms. The van der Waals surface area contributed by atoms with E-state index in [0.29, 0.717) is 6.61 Å². The van der Waals surface area contributed by atoms with E-state index in [1.54, 1.807) is 0 Å². The van der Waals surface area contributed by atoms with Crippen LogP contribution in [0, 0.1) is 6.92 Å². The molecule has 0 radical (unpaired) electrons. The second kappa shape index (κ2) is 7.20. The number of anilines is 2. The molecule has 0 amide bonds. The predicted molar refractivity (Wildman–Crippen MR) is 88.3 cm³/mol. The number of nitrogen functional groups attached to an aromatic ring is 1. The van der Waals surface area contributed by atoms with E-state index in [1.165, 1.54) is 0 Å². The average molecular weight is 335 g/mol. The fourth-order valence-corrected chi connectivity index (χ4v) is 2.34. The van der Waals surface area contributed by atoms with Crippen LogP contribution in [0.4, 0.5) is 11.4 Å². The number of aryl methyl sites for hydroxylation is 1. The summed E-state index contributed by atoms with van der Waals surface area (Å²) in [5, 5.41) is 3.38. The quantitative estimate of drug-likeness (QED) is 0.614. The standard InChI is InChI=1S/C16H19BrN2O/c1-12-10-16(14(17)11-15(12)18)19-8-5-9-20-13-6-3-2-4-7-13/h2-4,6-7,10-11,19H,5,8-9,18H2,1H3. The molecule has 106 valence electrons. The van der Waals surface area contributed by atoms with Crippen molar-refractivity contribution in [3.63, 3.8) is 0 Å². The highest BCUT2D eigenvalue weighted by molar-refractivity contribution is 9.10. The topological polar surface area (TPSA) is 47.3 Å². The maximum Gasteiger partial charge on any atom is 0.119 e. The molecule has 2 rings (SSSR count). The van der Waals surface area contributed by atoms with Gasteiger partial charge in [-0.15, -0.1) is 0 Å². The molecule has 0 heterocycles. The summed E-state index contributed by atoms with van der Waals surface area (Å²) in [5.41, 5.74) is 8.80. The van der Waals surface area contributed by atoms with Gasteiger partial charge in [0.05, 0.1) is 6.61 Å². The maximum atomic E-state index is 5.85. The van der Waals surface area contributed by atoms with Gasteiger partial charge in [-0.1, -0.05) is 18.2 Å². The molecular formula is C16H19BrN2O. The lowest BCUT2D eigenvalue weighted by Gasteiger charge is -2.11. The maximum absolute atomic E-state index is 5.85. The summed E-state index contributed by atoms with van der Waals surface area (Å²) in [6, 6.07) is 13.8. The van der Waals surface area contributed by atoms with Gasteiger partial charge in [-0.3, -0.25) is 0 Å². The fourth-order valence-electron chi connectivity index (χ4n) is 1.83. The lowest BCUT2D eigenvalue weighted by molar-refractivity contribution is 0.315. The molecule has 4 heteroatoms. The van der Waals surface area contributed by atoms with Gasteiger partial charge in [0, 0.05) is 22.4 Å². The van der Waals surface area contributed by atoms with E-state index in [0.717, 1.165) is 40.1 Å². The molecule has 2 aromatic carbocycles. The van der Waals surface area contributed by atoms with Gasteiger partial charge in [-0.25, -0.2) is 0 Å². The van der Waals surface area contributed by atoms with Crippen LogP contribution < -0.4 is 15.8 Å². The number of nitrogens with one attached hydrogen (secondary N) is 1. The van der Waals surface area contributed by atoms with E-state index in [1.807, 2.05) is 43.3 Å². The second-order valence-corrected chi connectivity index (χ2v) is 5.48. The number of rotatable bonds is 6. The zero-order valence-electron chi connectivity index (χ0n) is 11.5. The molecule has 20 heavy (non-hydrogen) atoms. The Hall–Kier alpha value is -1.68. The lowest BCUT2D eigenvalue weighted by Crippen LogP contribution is -2.08. The van der Waals surface area contributed by atoms with Gasteiger partial charge >= 0.3 is 0 Å². The van der Waals surface area contributed by atoms with Crippen molar-refractivity contribution < 1.29 is 4.74 Å². The van der Waals surface area contributed by atoms with Crippen molar-refractivity contribution in [1.82, 2.24) is 0 Å². The first kappa shape index (κ1) is 14.7. The number of benzene rings is 2. The van der Waals surface area contributed by atoms with Crippen molar-refractivity contribution in [1.29, 1.82) is 0 Å². The van der Waals surface area contributed by atoms with Crippen molar-refractivity contribution in [2.75, 3.05) is 24.2 Å². The van der Waals surface area contributed by atoms with Crippen molar-refractivity contribution in [3.8, 4) is 5.75 Å². The van der Waals surface area contributed by atoms with E-state index in [4.69, 9.17) is 10.5 Å². The molecule has 3 N–H and O–H groups in total. The molecular weight excluding hydrogens is 316 g/mol. The summed E-state index contributed by atoms with van der Waals surface area (Å²) < 4.78 is 6.64. The number of hydrogen-bond acceptors (Lipinski definition) is 3. The van der Waals surface area contributed by atoms with Gasteiger partial charge in [-0.05, 0) is 59.1 Å². The number of halogens is 1. The fraction of sp³-hybridized carbons (Fsp3) is 0.250. The highest BCUT2D eigenvalue weighted by Gasteiger charge is 2.02. The molecule has 3 nitrogen and oxygen atoms in total. The minimum absolute atomic E-state index is 0.697. The van der Waals surface area contributed by atoms with Crippen LogP contribution in [0.15, 0.2) is 46.9 Å². The SMILES string of the molecule is Cc1cc(NCCCOc2ccccc2)c(Br)cc1N. The van der Waals surface area contributed by atoms with Crippen LogP contribution in [0.1, 0.15) is 12.0 Å². The van der Waals surface area contributed by atoms with E-state index >= 15 is 0 Å². The van der Waals surface area contributed by atoms with Gasteiger partial charge in [-0.2, -0.15) is 0 Å². The Bertz CT molecular complexity index is 558. The molecule has 0 atom stereocenters. The first-order chi connectivity index (χ1) is 9.66. The first-order valence-corrected chi connectivity index (χ1v) is 7.43. The van der Waals surface area contributed by atoms with Gasteiger partial charge in [0.1, 0.15) is 5.75 Å². The largest absolute Gasteiger partial charge is 0.494 e. The summed E-state index contributed by atoms with van der Waals surface area (Å²) in [7, 11) is 0. The molecule has 0 unspecified atom stereocenters. The zero-order valence-corrected chi connectivity index (χ0v) is 13.1. The number of hydrogen-bond donors (Lipinski definition) is 2. The van der Waals surface area contributed by atoms with Crippen molar-refractivity contribution >= 4 is 27.3 Å². The van der Waals surface area contributed by atoms with Gasteiger partial charge in [0.25, 0.3) is 0 Å². The number of para-hydroxylation sites is 1. The van der Waals surface area contributed by atoms with E-state index in [-0.39, 0.29) is 0 Å². The van der Waals surface area contributed by atoms with Crippen molar-refractivity contribution in [2.24, 2.45) is 0 Å². The van der Waals surface area contributed by atoms with Gasteiger partial charge in [0.15, 0.2) is 0 Å². The van der Waals surface area contributed by atoms with Crippen molar-refractivity contribution in [3.05, 3.63) is 52.5 Å². The molecule has 0 aromatic heterocycles. The smallest absolute Gasteiger partial charge is 0.119 e. The van der Waals surface area contributed by atoms with E-state index < -0.39 is 0 Å². The third-order valence-corrected chi connectivity index (χ3v) is 3.66. The Morgan fingerprint density at radius 2 is 1.95 bits per heavy atom. The molecule has 0 bridgehead atoms.